The number of hydrogen-bond acceptors (Lipinski definition) is 0. The van der Waals surface area contributed by atoms with Crippen LogP contribution in [0, 0.1) is 0 Å². The standard InChI is InChI=1S/C12H6Cl4/c13-8-3-1-7(2-4-8)12-10(15)5-9(14)6-11(12)16/h1-6H. The van der Waals surface area contributed by atoms with E-state index in [9.17, 15) is 0 Å². The molecule has 2 aromatic rings. The summed E-state index contributed by atoms with van der Waals surface area (Å²) in [6.45, 7) is 0. The molecule has 0 aliphatic rings. The Morgan fingerprint density at radius 1 is 0.625 bits per heavy atom. The highest BCUT2D eigenvalue weighted by Crippen LogP contribution is 2.37. The van der Waals surface area contributed by atoms with Gasteiger partial charge in [-0.3, -0.25) is 0 Å². The zero-order chi connectivity index (χ0) is 11.7. The van der Waals surface area contributed by atoms with E-state index in [1.807, 2.05) is 12.1 Å². The summed E-state index contributed by atoms with van der Waals surface area (Å²) in [5.74, 6) is 0. The SMILES string of the molecule is Clc1ccc(-c2c(Cl)cc(Cl)cc2Cl)cc1. The van der Waals surface area contributed by atoms with Gasteiger partial charge in [-0.05, 0) is 29.8 Å². The number of rotatable bonds is 1. The van der Waals surface area contributed by atoms with Crippen LogP contribution in [0.5, 0.6) is 0 Å². The molecule has 0 fully saturated rings. The smallest absolute Gasteiger partial charge is 0.0514 e. The quantitative estimate of drug-likeness (QED) is 0.607. The predicted molar refractivity (Wildman–Crippen MR) is 71.9 cm³/mol. The highest BCUT2D eigenvalue weighted by atomic mass is 35.5. The second-order valence-corrected chi connectivity index (χ2v) is 4.94. The summed E-state index contributed by atoms with van der Waals surface area (Å²) in [5.41, 5.74) is 1.68. The molecule has 4 heteroatoms. The van der Waals surface area contributed by atoms with Gasteiger partial charge in [0.1, 0.15) is 0 Å². The fourth-order valence-corrected chi connectivity index (χ4v) is 2.60. The maximum Gasteiger partial charge on any atom is 0.0514 e. The molecule has 0 heterocycles. The summed E-state index contributed by atoms with van der Waals surface area (Å²) in [4.78, 5) is 0. The van der Waals surface area contributed by atoms with Crippen molar-refractivity contribution in [3.63, 3.8) is 0 Å². The van der Waals surface area contributed by atoms with Gasteiger partial charge in [-0.2, -0.15) is 0 Å². The predicted octanol–water partition coefficient (Wildman–Crippen LogP) is 5.97. The third-order valence-corrected chi connectivity index (χ3v) is 3.21. The van der Waals surface area contributed by atoms with E-state index in [0.29, 0.717) is 20.1 Å². The van der Waals surface area contributed by atoms with Crippen LogP contribution >= 0.6 is 46.4 Å². The van der Waals surface area contributed by atoms with E-state index in [0.717, 1.165) is 11.1 Å². The normalized spacial score (nSPS) is 10.5. The molecule has 0 bridgehead atoms. The summed E-state index contributed by atoms with van der Waals surface area (Å²) in [6, 6.07) is 10.6. The Kier molecular flexibility index (Phi) is 3.66. The minimum absolute atomic E-state index is 0.521. The molecule has 0 aliphatic carbocycles. The van der Waals surface area contributed by atoms with Crippen molar-refractivity contribution in [1.29, 1.82) is 0 Å². The summed E-state index contributed by atoms with van der Waals surface area (Å²) >= 11 is 23.9. The van der Waals surface area contributed by atoms with Crippen LogP contribution in [0.15, 0.2) is 36.4 Å². The van der Waals surface area contributed by atoms with Gasteiger partial charge in [0.15, 0.2) is 0 Å². The van der Waals surface area contributed by atoms with Crippen LogP contribution in [0.25, 0.3) is 11.1 Å². The summed E-state index contributed by atoms with van der Waals surface area (Å²) in [7, 11) is 0. The van der Waals surface area contributed by atoms with Crippen LogP contribution in [0.3, 0.4) is 0 Å². The lowest BCUT2D eigenvalue weighted by atomic mass is 10.1. The van der Waals surface area contributed by atoms with Gasteiger partial charge in [0.05, 0.1) is 10.0 Å². The lowest BCUT2D eigenvalue weighted by Crippen LogP contribution is -1.82. The second kappa shape index (κ2) is 4.85. The van der Waals surface area contributed by atoms with Crippen molar-refractivity contribution in [1.82, 2.24) is 0 Å². The topological polar surface area (TPSA) is 0 Å². The van der Waals surface area contributed by atoms with Crippen LogP contribution in [-0.2, 0) is 0 Å². The van der Waals surface area contributed by atoms with Crippen LogP contribution in [0.2, 0.25) is 20.1 Å². The van der Waals surface area contributed by atoms with E-state index in [-0.39, 0.29) is 0 Å². The Hall–Kier alpha value is -0.400. The molecule has 2 aromatic carbocycles. The summed E-state index contributed by atoms with van der Waals surface area (Å²) in [6.07, 6.45) is 0. The third-order valence-electron chi connectivity index (χ3n) is 2.14. The Morgan fingerprint density at radius 3 is 1.62 bits per heavy atom. The Morgan fingerprint density at radius 2 is 1.12 bits per heavy atom. The molecule has 0 N–H and O–H groups in total. The molecule has 0 saturated carbocycles. The van der Waals surface area contributed by atoms with Crippen LogP contribution in [0.1, 0.15) is 0 Å². The molecule has 0 aliphatic heterocycles. The molecule has 0 aromatic heterocycles. The van der Waals surface area contributed by atoms with E-state index >= 15 is 0 Å². The monoisotopic (exact) mass is 290 g/mol. The van der Waals surface area contributed by atoms with Gasteiger partial charge >= 0.3 is 0 Å². The van der Waals surface area contributed by atoms with Crippen molar-refractivity contribution >= 4 is 46.4 Å². The Labute approximate surface area is 114 Å². The third kappa shape index (κ3) is 2.46. The van der Waals surface area contributed by atoms with Gasteiger partial charge < -0.3 is 0 Å². The van der Waals surface area contributed by atoms with Gasteiger partial charge in [0.2, 0.25) is 0 Å². The first-order chi connectivity index (χ1) is 7.58. The van der Waals surface area contributed by atoms with Gasteiger partial charge in [-0.25, -0.2) is 0 Å². The first-order valence-corrected chi connectivity index (χ1v) is 5.99. The highest BCUT2D eigenvalue weighted by molar-refractivity contribution is 6.41. The van der Waals surface area contributed by atoms with Gasteiger partial charge in [0, 0.05) is 15.6 Å². The molecule has 0 unspecified atom stereocenters. The molecule has 0 spiro atoms. The highest BCUT2D eigenvalue weighted by Gasteiger charge is 2.09. The maximum atomic E-state index is 6.11. The van der Waals surface area contributed by atoms with E-state index in [4.69, 9.17) is 46.4 Å². The van der Waals surface area contributed by atoms with Crippen LogP contribution in [0.4, 0.5) is 0 Å². The van der Waals surface area contributed by atoms with Crippen molar-refractivity contribution in [2.45, 2.75) is 0 Å². The summed E-state index contributed by atoms with van der Waals surface area (Å²) in [5, 5.41) is 2.25. The fraction of sp³-hybridized carbons (Fsp3) is 0. The molecule has 0 saturated heterocycles. The van der Waals surface area contributed by atoms with Gasteiger partial charge in [-0.1, -0.05) is 58.5 Å². The molecular formula is C12H6Cl4. The van der Waals surface area contributed by atoms with Crippen molar-refractivity contribution in [2.75, 3.05) is 0 Å². The van der Waals surface area contributed by atoms with E-state index in [1.54, 1.807) is 24.3 Å². The zero-order valence-electron chi connectivity index (χ0n) is 7.98. The molecule has 0 radical (unpaired) electrons. The summed E-state index contributed by atoms with van der Waals surface area (Å²) < 4.78 is 0. The van der Waals surface area contributed by atoms with Crippen molar-refractivity contribution in [3.8, 4) is 11.1 Å². The Bertz CT molecular complexity index is 494. The number of benzene rings is 2. The van der Waals surface area contributed by atoms with Crippen LogP contribution < -0.4 is 0 Å². The lowest BCUT2D eigenvalue weighted by Gasteiger charge is -2.08. The molecule has 0 nitrogen and oxygen atoms in total. The molecular weight excluding hydrogens is 286 g/mol. The first kappa shape index (κ1) is 12.1. The largest absolute Gasteiger partial charge is 0.0843 e. The van der Waals surface area contributed by atoms with Crippen molar-refractivity contribution < 1.29 is 0 Å². The first-order valence-electron chi connectivity index (χ1n) is 4.48. The van der Waals surface area contributed by atoms with Gasteiger partial charge in [0.25, 0.3) is 0 Å². The zero-order valence-corrected chi connectivity index (χ0v) is 11.0. The van der Waals surface area contributed by atoms with E-state index in [2.05, 4.69) is 0 Å². The average Bonchev–Trinajstić information content (AvgIpc) is 2.19. The second-order valence-electron chi connectivity index (χ2n) is 3.25. The minimum atomic E-state index is 0.521. The lowest BCUT2D eigenvalue weighted by molar-refractivity contribution is 1.61. The molecule has 16 heavy (non-hydrogen) atoms. The molecule has 2 rings (SSSR count). The van der Waals surface area contributed by atoms with Crippen LogP contribution in [-0.4, -0.2) is 0 Å². The maximum absolute atomic E-state index is 6.11. The van der Waals surface area contributed by atoms with E-state index in [1.165, 1.54) is 0 Å². The molecule has 82 valence electrons. The number of hydrogen-bond donors (Lipinski definition) is 0. The molecule has 0 amide bonds. The van der Waals surface area contributed by atoms with Crippen molar-refractivity contribution in [3.05, 3.63) is 56.5 Å². The van der Waals surface area contributed by atoms with E-state index < -0.39 is 0 Å². The van der Waals surface area contributed by atoms with Gasteiger partial charge in [-0.15, -0.1) is 0 Å². The minimum Gasteiger partial charge on any atom is -0.0843 e. The number of halogens is 4. The fourth-order valence-electron chi connectivity index (χ4n) is 1.43. The Balaban J connectivity index is 2.60. The molecule has 0 atom stereocenters. The average molecular weight is 292 g/mol. The van der Waals surface area contributed by atoms with Crippen molar-refractivity contribution in [2.24, 2.45) is 0 Å².